The molecule has 0 aromatic heterocycles. The molecule has 4 aliphatic carbocycles. The molecule has 0 aromatic carbocycles. The Morgan fingerprint density at radius 2 is 1.75 bits per heavy atom. The molecule has 4 heteroatoms. The van der Waals surface area contributed by atoms with Crippen molar-refractivity contribution in [2.24, 2.45) is 35.5 Å². The zero-order valence-electron chi connectivity index (χ0n) is 11.5. The summed E-state index contributed by atoms with van der Waals surface area (Å²) in [5, 5.41) is 12.6. The fourth-order valence-corrected chi connectivity index (χ4v) is 5.22. The number of amides is 1. The maximum absolute atomic E-state index is 12.6. The van der Waals surface area contributed by atoms with Gasteiger partial charge in [-0.3, -0.25) is 9.59 Å². The molecule has 0 saturated heterocycles. The third-order valence-electron chi connectivity index (χ3n) is 6.11. The number of hydrogen-bond acceptors (Lipinski definition) is 2. The van der Waals surface area contributed by atoms with Gasteiger partial charge in [-0.15, -0.1) is 0 Å². The number of aliphatic carboxylic acids is 1. The summed E-state index contributed by atoms with van der Waals surface area (Å²) >= 11 is 0. The summed E-state index contributed by atoms with van der Waals surface area (Å²) in [4.78, 5) is 24.0. The Morgan fingerprint density at radius 1 is 1.00 bits per heavy atom. The Balaban J connectivity index is 1.48. The average molecular weight is 275 g/mol. The third kappa shape index (κ3) is 1.73. The highest BCUT2D eigenvalue weighted by Crippen LogP contribution is 2.49. The van der Waals surface area contributed by atoms with Gasteiger partial charge in [0.1, 0.15) is 0 Å². The Hall–Kier alpha value is -1.32. The van der Waals surface area contributed by atoms with Gasteiger partial charge in [0, 0.05) is 6.04 Å². The largest absolute Gasteiger partial charge is 0.481 e. The van der Waals surface area contributed by atoms with E-state index in [1.165, 1.54) is 19.3 Å². The van der Waals surface area contributed by atoms with Crippen LogP contribution in [0.15, 0.2) is 12.2 Å². The van der Waals surface area contributed by atoms with E-state index < -0.39 is 11.9 Å². The van der Waals surface area contributed by atoms with E-state index in [4.69, 9.17) is 0 Å². The first-order valence-corrected chi connectivity index (χ1v) is 7.85. The van der Waals surface area contributed by atoms with Gasteiger partial charge in [-0.05, 0) is 49.4 Å². The molecule has 0 heterocycles. The van der Waals surface area contributed by atoms with Crippen LogP contribution in [0.5, 0.6) is 0 Å². The zero-order valence-corrected chi connectivity index (χ0v) is 11.5. The van der Waals surface area contributed by atoms with Gasteiger partial charge in [0.15, 0.2) is 0 Å². The van der Waals surface area contributed by atoms with Crippen LogP contribution in [0, 0.1) is 35.5 Å². The molecule has 3 fully saturated rings. The smallest absolute Gasteiger partial charge is 0.307 e. The van der Waals surface area contributed by atoms with Crippen molar-refractivity contribution >= 4 is 11.9 Å². The quantitative estimate of drug-likeness (QED) is 0.772. The normalized spacial score (nSPS) is 47.9. The van der Waals surface area contributed by atoms with Crippen molar-refractivity contribution in [2.75, 3.05) is 0 Å². The molecule has 0 aromatic rings. The van der Waals surface area contributed by atoms with Gasteiger partial charge in [0.05, 0.1) is 11.8 Å². The second-order valence-corrected chi connectivity index (χ2v) is 7.13. The van der Waals surface area contributed by atoms with Crippen molar-refractivity contribution in [1.82, 2.24) is 5.32 Å². The van der Waals surface area contributed by atoms with Crippen LogP contribution in [0.3, 0.4) is 0 Å². The Morgan fingerprint density at radius 3 is 2.35 bits per heavy atom. The molecule has 0 aliphatic heterocycles. The highest BCUT2D eigenvalue weighted by Gasteiger charge is 2.52. The van der Waals surface area contributed by atoms with Crippen LogP contribution in [-0.2, 0) is 9.59 Å². The van der Waals surface area contributed by atoms with Crippen molar-refractivity contribution in [3.05, 3.63) is 12.2 Å². The van der Waals surface area contributed by atoms with E-state index in [1.54, 1.807) is 0 Å². The summed E-state index contributed by atoms with van der Waals surface area (Å²) in [5.74, 6) is -0.0400. The molecule has 6 unspecified atom stereocenters. The van der Waals surface area contributed by atoms with E-state index in [9.17, 15) is 14.7 Å². The monoisotopic (exact) mass is 275 g/mol. The number of hydrogen-bond donors (Lipinski definition) is 2. The SMILES string of the molecule is O=C(O)C1C2C=CC(C2)C1C(=O)N[C@@H]1CC2CCC1C2. The van der Waals surface area contributed by atoms with Gasteiger partial charge in [-0.2, -0.15) is 0 Å². The average Bonchev–Trinajstić information content (AvgIpc) is 3.16. The molecule has 0 spiro atoms. The molecular weight excluding hydrogens is 254 g/mol. The predicted octanol–water partition coefficient (Wildman–Crippen LogP) is 1.81. The Bertz CT molecular complexity index is 486. The molecule has 4 nitrogen and oxygen atoms in total. The lowest BCUT2D eigenvalue weighted by atomic mass is 9.82. The van der Waals surface area contributed by atoms with Crippen molar-refractivity contribution in [3.8, 4) is 0 Å². The van der Waals surface area contributed by atoms with Gasteiger partial charge in [0.2, 0.25) is 5.91 Å². The minimum absolute atomic E-state index is 0.00759. The second-order valence-electron chi connectivity index (χ2n) is 7.13. The molecule has 4 rings (SSSR count). The van der Waals surface area contributed by atoms with Gasteiger partial charge < -0.3 is 10.4 Å². The van der Waals surface area contributed by atoms with E-state index in [1.807, 2.05) is 6.08 Å². The lowest BCUT2D eigenvalue weighted by molar-refractivity contribution is -0.148. The summed E-state index contributed by atoms with van der Waals surface area (Å²) in [6.45, 7) is 0. The third-order valence-corrected chi connectivity index (χ3v) is 6.11. The summed E-state index contributed by atoms with van der Waals surface area (Å²) in [6, 6.07) is 0.304. The van der Waals surface area contributed by atoms with Gasteiger partial charge >= 0.3 is 5.97 Å². The first-order valence-electron chi connectivity index (χ1n) is 7.85. The molecule has 7 atom stereocenters. The molecular formula is C16H21NO3. The number of rotatable bonds is 3. The van der Waals surface area contributed by atoms with E-state index in [0.717, 1.165) is 18.8 Å². The van der Waals surface area contributed by atoms with E-state index in [-0.39, 0.29) is 23.7 Å². The first-order chi connectivity index (χ1) is 9.63. The topological polar surface area (TPSA) is 66.4 Å². The van der Waals surface area contributed by atoms with Gasteiger partial charge in [0.25, 0.3) is 0 Å². The summed E-state index contributed by atoms with van der Waals surface area (Å²) in [7, 11) is 0. The lowest BCUT2D eigenvalue weighted by Crippen LogP contribution is -2.46. The molecule has 4 aliphatic rings. The van der Waals surface area contributed by atoms with Crippen LogP contribution in [0.4, 0.5) is 0 Å². The maximum atomic E-state index is 12.6. The zero-order chi connectivity index (χ0) is 13.9. The summed E-state index contributed by atoms with van der Waals surface area (Å²) in [5.41, 5.74) is 0. The number of carboxylic acids is 1. The highest BCUT2D eigenvalue weighted by atomic mass is 16.4. The van der Waals surface area contributed by atoms with Crippen LogP contribution in [0.1, 0.15) is 32.1 Å². The van der Waals surface area contributed by atoms with Crippen LogP contribution in [-0.4, -0.2) is 23.0 Å². The molecule has 108 valence electrons. The number of allylic oxidation sites excluding steroid dienone is 2. The minimum atomic E-state index is -0.810. The number of carbonyl (C=O) groups is 2. The van der Waals surface area contributed by atoms with Crippen LogP contribution >= 0.6 is 0 Å². The molecule has 0 radical (unpaired) electrons. The molecule has 4 bridgehead atoms. The van der Waals surface area contributed by atoms with Crippen LogP contribution in [0.2, 0.25) is 0 Å². The fraction of sp³-hybridized carbons (Fsp3) is 0.750. The summed E-state index contributed by atoms with van der Waals surface area (Å²) in [6.07, 6.45) is 9.78. The number of carboxylic acid groups (broad SMARTS) is 1. The Kier molecular flexibility index (Phi) is 2.69. The van der Waals surface area contributed by atoms with Crippen LogP contribution in [0.25, 0.3) is 0 Å². The van der Waals surface area contributed by atoms with Gasteiger partial charge in [-0.1, -0.05) is 18.6 Å². The second kappa shape index (κ2) is 4.34. The van der Waals surface area contributed by atoms with Crippen molar-refractivity contribution in [3.63, 3.8) is 0 Å². The highest BCUT2D eigenvalue weighted by molar-refractivity contribution is 5.87. The molecule has 1 amide bonds. The molecule has 20 heavy (non-hydrogen) atoms. The lowest BCUT2D eigenvalue weighted by Gasteiger charge is -2.28. The maximum Gasteiger partial charge on any atom is 0.307 e. The van der Waals surface area contributed by atoms with Crippen molar-refractivity contribution in [1.29, 1.82) is 0 Å². The van der Waals surface area contributed by atoms with E-state index in [2.05, 4.69) is 11.4 Å². The first kappa shape index (κ1) is 12.4. The number of nitrogens with one attached hydrogen (secondary N) is 1. The predicted molar refractivity (Wildman–Crippen MR) is 72.7 cm³/mol. The van der Waals surface area contributed by atoms with Gasteiger partial charge in [-0.25, -0.2) is 0 Å². The number of fused-ring (bicyclic) bond motifs is 4. The minimum Gasteiger partial charge on any atom is -0.481 e. The van der Waals surface area contributed by atoms with Crippen LogP contribution < -0.4 is 5.32 Å². The van der Waals surface area contributed by atoms with E-state index in [0.29, 0.717) is 12.0 Å². The molecule has 3 saturated carbocycles. The van der Waals surface area contributed by atoms with Crippen molar-refractivity contribution < 1.29 is 14.7 Å². The summed E-state index contributed by atoms with van der Waals surface area (Å²) < 4.78 is 0. The standard InChI is InChI=1S/C16H21NO3/c18-15(17-12-6-8-1-2-9(12)5-8)13-10-3-4-11(7-10)14(13)16(19)20/h3-4,8-14H,1-2,5-7H2,(H,17,18)(H,19,20)/t8?,9?,10?,11?,12-,13?,14?/m1/s1. The molecule has 2 N–H and O–H groups in total. The fourth-order valence-electron chi connectivity index (χ4n) is 5.22. The van der Waals surface area contributed by atoms with E-state index >= 15 is 0 Å². The Labute approximate surface area is 118 Å². The number of carbonyl (C=O) groups excluding carboxylic acids is 1. The van der Waals surface area contributed by atoms with Crippen molar-refractivity contribution in [2.45, 2.75) is 38.1 Å².